The molecular formula is C11H16. The second-order valence-electron chi connectivity index (χ2n) is 3.24. The normalized spacial score (nSPS) is 28.5. The Balaban J connectivity index is 2.69. The summed E-state index contributed by atoms with van der Waals surface area (Å²) >= 11 is 0. The molecule has 0 atom stereocenters. The van der Waals surface area contributed by atoms with Crippen LogP contribution in [0, 0.1) is 5.92 Å². The quantitative estimate of drug-likeness (QED) is 0.499. The molecule has 0 bridgehead atoms. The smallest absolute Gasteiger partial charge is 0.0133 e. The largest absolute Gasteiger partial charge is 0.0844 e. The van der Waals surface area contributed by atoms with Gasteiger partial charge in [-0.15, -0.1) is 0 Å². The van der Waals surface area contributed by atoms with Gasteiger partial charge in [0.15, 0.2) is 0 Å². The van der Waals surface area contributed by atoms with E-state index in [1.807, 2.05) is 0 Å². The Labute approximate surface area is 69.3 Å². The highest BCUT2D eigenvalue weighted by atomic mass is 14.0. The van der Waals surface area contributed by atoms with Crippen LogP contribution in [0.1, 0.15) is 26.7 Å². The van der Waals surface area contributed by atoms with Crippen molar-refractivity contribution in [2.24, 2.45) is 5.92 Å². The predicted octanol–water partition coefficient (Wildman–Crippen LogP) is 3.48. The number of allylic oxidation sites excluding steroid dienone is 6. The molecule has 0 aromatic rings. The third-order valence-electron chi connectivity index (χ3n) is 1.98. The lowest BCUT2D eigenvalue weighted by Gasteiger charge is -2.08. The molecule has 0 aromatic heterocycles. The maximum Gasteiger partial charge on any atom is -0.0133 e. The standard InChI is InChI=1S/C11H16/c1-10(2)11-8-6-4-3-5-7-9-11/h4-8,10H,3,9H2,1-2H3/b6-4-,7-5-,11-8+. The van der Waals surface area contributed by atoms with Crippen molar-refractivity contribution in [3.05, 3.63) is 36.0 Å². The molecule has 11 heavy (non-hydrogen) atoms. The van der Waals surface area contributed by atoms with Gasteiger partial charge in [0.25, 0.3) is 0 Å². The van der Waals surface area contributed by atoms with Crippen LogP contribution in [0.2, 0.25) is 0 Å². The Morgan fingerprint density at radius 2 is 2.00 bits per heavy atom. The monoisotopic (exact) mass is 148 g/mol. The third-order valence-corrected chi connectivity index (χ3v) is 1.98. The third kappa shape index (κ3) is 2.75. The summed E-state index contributed by atoms with van der Waals surface area (Å²) in [6, 6.07) is 0. The summed E-state index contributed by atoms with van der Waals surface area (Å²) in [4.78, 5) is 0. The lowest BCUT2D eigenvalue weighted by atomic mass is 9.98. The summed E-state index contributed by atoms with van der Waals surface area (Å²) in [5.41, 5.74) is 1.53. The molecule has 0 nitrogen and oxygen atoms in total. The Morgan fingerprint density at radius 3 is 2.73 bits per heavy atom. The molecule has 0 spiro atoms. The van der Waals surface area contributed by atoms with Crippen molar-refractivity contribution in [3.63, 3.8) is 0 Å². The minimum Gasteiger partial charge on any atom is -0.0844 e. The Bertz CT molecular complexity index is 192. The fourth-order valence-electron chi connectivity index (χ4n) is 1.16. The van der Waals surface area contributed by atoms with Crippen molar-refractivity contribution in [3.8, 4) is 0 Å². The first-order valence-electron chi connectivity index (χ1n) is 4.31. The van der Waals surface area contributed by atoms with Crippen LogP contribution < -0.4 is 0 Å². The fraction of sp³-hybridized carbons (Fsp3) is 0.455. The van der Waals surface area contributed by atoms with E-state index in [1.54, 1.807) is 0 Å². The number of hydrogen-bond acceptors (Lipinski definition) is 0. The van der Waals surface area contributed by atoms with Crippen LogP contribution in [-0.2, 0) is 0 Å². The van der Waals surface area contributed by atoms with Gasteiger partial charge in [-0.3, -0.25) is 0 Å². The van der Waals surface area contributed by atoms with Gasteiger partial charge in [0.05, 0.1) is 0 Å². The predicted molar refractivity (Wildman–Crippen MR) is 50.4 cm³/mol. The van der Waals surface area contributed by atoms with Gasteiger partial charge in [0.2, 0.25) is 0 Å². The maximum atomic E-state index is 2.26. The molecule has 1 aliphatic carbocycles. The Hall–Kier alpha value is -0.780. The average molecular weight is 148 g/mol. The van der Waals surface area contributed by atoms with Crippen molar-refractivity contribution in [1.82, 2.24) is 0 Å². The van der Waals surface area contributed by atoms with Crippen LogP contribution in [0.25, 0.3) is 0 Å². The highest BCUT2D eigenvalue weighted by Crippen LogP contribution is 2.15. The zero-order chi connectivity index (χ0) is 8.10. The first-order valence-corrected chi connectivity index (χ1v) is 4.31. The molecule has 0 unspecified atom stereocenters. The van der Waals surface area contributed by atoms with Gasteiger partial charge >= 0.3 is 0 Å². The summed E-state index contributed by atoms with van der Waals surface area (Å²) in [5.74, 6) is 0.683. The van der Waals surface area contributed by atoms with Gasteiger partial charge in [-0.1, -0.05) is 49.8 Å². The van der Waals surface area contributed by atoms with Crippen molar-refractivity contribution in [1.29, 1.82) is 0 Å². The molecule has 0 aliphatic heterocycles. The first kappa shape index (κ1) is 8.32. The Morgan fingerprint density at radius 1 is 1.18 bits per heavy atom. The molecule has 0 amide bonds. The zero-order valence-electron chi connectivity index (χ0n) is 7.38. The fourth-order valence-corrected chi connectivity index (χ4v) is 1.16. The van der Waals surface area contributed by atoms with E-state index in [-0.39, 0.29) is 0 Å². The van der Waals surface area contributed by atoms with Crippen LogP contribution in [0.15, 0.2) is 36.0 Å². The number of hydrogen-bond donors (Lipinski definition) is 0. The SMILES string of the molecule is CC(C)/C1=C/C=C\C/C=C\C1. The van der Waals surface area contributed by atoms with E-state index in [2.05, 4.69) is 44.2 Å². The minimum absolute atomic E-state index is 0.683. The highest BCUT2D eigenvalue weighted by molar-refractivity contribution is 5.19. The molecule has 0 aromatic carbocycles. The van der Waals surface area contributed by atoms with Gasteiger partial charge in [0.1, 0.15) is 0 Å². The maximum absolute atomic E-state index is 2.26. The molecule has 0 saturated heterocycles. The van der Waals surface area contributed by atoms with E-state index >= 15 is 0 Å². The van der Waals surface area contributed by atoms with Gasteiger partial charge in [-0.05, 0) is 18.8 Å². The van der Waals surface area contributed by atoms with Crippen molar-refractivity contribution >= 4 is 0 Å². The lowest BCUT2D eigenvalue weighted by molar-refractivity contribution is 0.746. The highest BCUT2D eigenvalue weighted by Gasteiger charge is 1.99. The second kappa shape index (κ2) is 4.17. The van der Waals surface area contributed by atoms with Crippen LogP contribution in [0.3, 0.4) is 0 Å². The molecule has 1 aliphatic rings. The molecule has 0 heteroatoms. The van der Waals surface area contributed by atoms with Gasteiger partial charge in [-0.25, -0.2) is 0 Å². The molecule has 0 radical (unpaired) electrons. The summed E-state index contributed by atoms with van der Waals surface area (Å²) in [5, 5.41) is 0. The van der Waals surface area contributed by atoms with E-state index < -0.39 is 0 Å². The van der Waals surface area contributed by atoms with Gasteiger partial charge < -0.3 is 0 Å². The lowest BCUT2D eigenvalue weighted by Crippen LogP contribution is -1.92. The van der Waals surface area contributed by atoms with E-state index in [0.29, 0.717) is 5.92 Å². The number of rotatable bonds is 1. The van der Waals surface area contributed by atoms with Gasteiger partial charge in [0, 0.05) is 0 Å². The summed E-state index contributed by atoms with van der Waals surface area (Å²) in [7, 11) is 0. The molecule has 0 saturated carbocycles. The summed E-state index contributed by atoms with van der Waals surface area (Å²) in [6.45, 7) is 4.49. The second-order valence-corrected chi connectivity index (χ2v) is 3.24. The van der Waals surface area contributed by atoms with Crippen LogP contribution in [0.5, 0.6) is 0 Å². The van der Waals surface area contributed by atoms with Crippen LogP contribution in [-0.4, -0.2) is 0 Å². The first-order chi connectivity index (χ1) is 5.30. The summed E-state index contributed by atoms with van der Waals surface area (Å²) in [6.07, 6.45) is 13.3. The minimum atomic E-state index is 0.683. The topological polar surface area (TPSA) is 0 Å². The molecule has 0 heterocycles. The van der Waals surface area contributed by atoms with Crippen LogP contribution >= 0.6 is 0 Å². The van der Waals surface area contributed by atoms with E-state index in [9.17, 15) is 0 Å². The van der Waals surface area contributed by atoms with Gasteiger partial charge in [-0.2, -0.15) is 0 Å². The molecular weight excluding hydrogens is 132 g/mol. The van der Waals surface area contributed by atoms with E-state index in [0.717, 1.165) is 12.8 Å². The zero-order valence-corrected chi connectivity index (χ0v) is 7.38. The molecule has 60 valence electrons. The molecule has 0 fully saturated rings. The van der Waals surface area contributed by atoms with Crippen molar-refractivity contribution < 1.29 is 0 Å². The van der Waals surface area contributed by atoms with Crippen LogP contribution in [0.4, 0.5) is 0 Å². The molecule has 0 N–H and O–H groups in total. The summed E-state index contributed by atoms with van der Waals surface area (Å²) < 4.78 is 0. The van der Waals surface area contributed by atoms with E-state index in [1.165, 1.54) is 5.57 Å². The Kier molecular flexibility index (Phi) is 3.15. The van der Waals surface area contributed by atoms with Crippen molar-refractivity contribution in [2.75, 3.05) is 0 Å². The van der Waals surface area contributed by atoms with E-state index in [4.69, 9.17) is 0 Å². The average Bonchev–Trinajstić information content (AvgIpc) is 1.84. The molecule has 1 rings (SSSR count). The van der Waals surface area contributed by atoms with Crippen molar-refractivity contribution in [2.45, 2.75) is 26.7 Å².